The summed E-state index contributed by atoms with van der Waals surface area (Å²) in [4.78, 5) is 9.30. The summed E-state index contributed by atoms with van der Waals surface area (Å²) in [5.41, 5.74) is 2.44. The minimum Gasteiger partial charge on any atom is -0.368 e. The SMILES string of the molecule is CC.CC.CC(C)c1ccc(N2CCN(C)CC2)cn1. The largest absolute Gasteiger partial charge is 0.368 e. The number of rotatable bonds is 2. The van der Waals surface area contributed by atoms with Crippen molar-refractivity contribution in [1.82, 2.24) is 9.88 Å². The van der Waals surface area contributed by atoms with Gasteiger partial charge < -0.3 is 9.80 Å². The second-order valence-corrected chi connectivity index (χ2v) is 4.89. The first-order chi connectivity index (χ1) is 9.66. The first kappa shape index (κ1) is 18.9. The summed E-state index contributed by atoms with van der Waals surface area (Å²) in [6.07, 6.45) is 2.01. The maximum Gasteiger partial charge on any atom is 0.0553 e. The highest BCUT2D eigenvalue weighted by molar-refractivity contribution is 5.45. The standard InChI is InChI=1S/C13H21N3.2C2H6/c1-11(2)13-5-4-12(10-14-13)16-8-6-15(3)7-9-16;2*1-2/h4-5,10-11H,6-9H2,1-3H3;2*1-2H3. The molecule has 1 aromatic heterocycles. The summed E-state index contributed by atoms with van der Waals surface area (Å²) in [7, 11) is 2.18. The van der Waals surface area contributed by atoms with Crippen molar-refractivity contribution < 1.29 is 0 Å². The summed E-state index contributed by atoms with van der Waals surface area (Å²) in [5.74, 6) is 0.515. The third kappa shape index (κ3) is 5.91. The van der Waals surface area contributed by atoms with Crippen molar-refractivity contribution >= 4 is 5.69 Å². The van der Waals surface area contributed by atoms with Gasteiger partial charge in [-0.3, -0.25) is 4.98 Å². The zero-order chi connectivity index (χ0) is 15.5. The number of pyridine rings is 1. The van der Waals surface area contributed by atoms with Gasteiger partial charge in [0.05, 0.1) is 11.9 Å². The molecule has 3 heteroatoms. The predicted molar refractivity (Wildman–Crippen MR) is 90.7 cm³/mol. The van der Waals surface area contributed by atoms with Gasteiger partial charge in [0.2, 0.25) is 0 Å². The molecule has 0 spiro atoms. The molecule has 20 heavy (non-hydrogen) atoms. The monoisotopic (exact) mass is 279 g/mol. The molecule has 1 fully saturated rings. The molecule has 2 rings (SSSR count). The van der Waals surface area contributed by atoms with Gasteiger partial charge in [0.15, 0.2) is 0 Å². The van der Waals surface area contributed by atoms with E-state index in [2.05, 4.69) is 47.8 Å². The summed E-state index contributed by atoms with van der Waals surface area (Å²) in [6, 6.07) is 4.35. The normalized spacial score (nSPS) is 15.1. The van der Waals surface area contributed by atoms with E-state index in [1.54, 1.807) is 0 Å². The van der Waals surface area contributed by atoms with E-state index in [1.807, 2.05) is 33.9 Å². The molecule has 0 saturated carbocycles. The zero-order valence-electron chi connectivity index (χ0n) is 14.5. The van der Waals surface area contributed by atoms with E-state index in [-0.39, 0.29) is 0 Å². The van der Waals surface area contributed by atoms with Gasteiger partial charge >= 0.3 is 0 Å². The van der Waals surface area contributed by atoms with Gasteiger partial charge in [0, 0.05) is 31.9 Å². The van der Waals surface area contributed by atoms with Crippen LogP contribution < -0.4 is 4.90 Å². The highest BCUT2D eigenvalue weighted by atomic mass is 15.2. The predicted octanol–water partition coefficient (Wildman–Crippen LogP) is 4.01. The van der Waals surface area contributed by atoms with Crippen LogP contribution in [0.1, 0.15) is 53.2 Å². The van der Waals surface area contributed by atoms with E-state index in [4.69, 9.17) is 0 Å². The maximum absolute atomic E-state index is 4.52. The molecule has 0 aromatic carbocycles. The van der Waals surface area contributed by atoms with Crippen molar-refractivity contribution in [3.63, 3.8) is 0 Å². The van der Waals surface area contributed by atoms with Crippen molar-refractivity contribution in [1.29, 1.82) is 0 Å². The van der Waals surface area contributed by atoms with Gasteiger partial charge in [0.25, 0.3) is 0 Å². The van der Waals surface area contributed by atoms with Crippen LogP contribution in [-0.2, 0) is 0 Å². The van der Waals surface area contributed by atoms with Crippen LogP contribution in [0, 0.1) is 0 Å². The number of nitrogens with zero attached hydrogens (tertiary/aromatic N) is 3. The molecule has 1 saturated heterocycles. The minimum absolute atomic E-state index is 0.515. The van der Waals surface area contributed by atoms with Gasteiger partial charge in [-0.15, -0.1) is 0 Å². The molecule has 1 aliphatic rings. The minimum atomic E-state index is 0.515. The first-order valence-corrected chi connectivity index (χ1v) is 8.06. The molecular weight excluding hydrogens is 246 g/mol. The Balaban J connectivity index is 0.000000829. The van der Waals surface area contributed by atoms with Crippen LogP contribution in [0.25, 0.3) is 0 Å². The van der Waals surface area contributed by atoms with E-state index < -0.39 is 0 Å². The molecule has 0 radical (unpaired) electrons. The fourth-order valence-corrected chi connectivity index (χ4v) is 1.99. The molecular formula is C17H33N3. The summed E-state index contributed by atoms with van der Waals surface area (Å²) < 4.78 is 0. The molecule has 116 valence electrons. The second kappa shape index (κ2) is 10.7. The van der Waals surface area contributed by atoms with E-state index in [9.17, 15) is 0 Å². The Kier molecular flexibility index (Phi) is 10.1. The van der Waals surface area contributed by atoms with E-state index in [0.29, 0.717) is 5.92 Å². The number of hydrogen-bond donors (Lipinski definition) is 0. The zero-order valence-corrected chi connectivity index (χ0v) is 14.5. The Hall–Kier alpha value is -1.09. The van der Waals surface area contributed by atoms with Crippen molar-refractivity contribution in [3.8, 4) is 0 Å². The van der Waals surface area contributed by atoms with Gasteiger partial charge in [-0.1, -0.05) is 41.5 Å². The molecule has 0 aliphatic carbocycles. The number of piperazine rings is 1. The lowest BCUT2D eigenvalue weighted by Gasteiger charge is -2.33. The van der Waals surface area contributed by atoms with E-state index in [0.717, 1.165) is 26.2 Å². The Morgan fingerprint density at radius 2 is 1.50 bits per heavy atom. The lowest BCUT2D eigenvalue weighted by atomic mass is 10.1. The third-order valence-corrected chi connectivity index (χ3v) is 3.23. The molecule has 1 aromatic rings. The second-order valence-electron chi connectivity index (χ2n) is 4.89. The van der Waals surface area contributed by atoms with Gasteiger partial charge in [0.1, 0.15) is 0 Å². The van der Waals surface area contributed by atoms with Gasteiger partial charge in [-0.2, -0.15) is 0 Å². The van der Waals surface area contributed by atoms with E-state index in [1.165, 1.54) is 11.4 Å². The number of anilines is 1. The number of likely N-dealkylation sites (N-methyl/N-ethyl adjacent to an activating group) is 1. The Morgan fingerprint density at radius 1 is 0.950 bits per heavy atom. The molecule has 3 nitrogen and oxygen atoms in total. The van der Waals surface area contributed by atoms with Crippen molar-refractivity contribution in [2.24, 2.45) is 0 Å². The van der Waals surface area contributed by atoms with Gasteiger partial charge in [-0.05, 0) is 25.1 Å². The lowest BCUT2D eigenvalue weighted by molar-refractivity contribution is 0.313. The molecule has 1 aliphatic heterocycles. The fraction of sp³-hybridized carbons (Fsp3) is 0.706. The van der Waals surface area contributed by atoms with Gasteiger partial charge in [-0.25, -0.2) is 0 Å². The van der Waals surface area contributed by atoms with E-state index >= 15 is 0 Å². The van der Waals surface area contributed by atoms with Crippen molar-refractivity contribution in [2.75, 3.05) is 38.1 Å². The van der Waals surface area contributed by atoms with Crippen LogP contribution in [0.15, 0.2) is 18.3 Å². The average molecular weight is 279 g/mol. The van der Waals surface area contributed by atoms with Crippen molar-refractivity contribution in [2.45, 2.75) is 47.5 Å². The highest BCUT2D eigenvalue weighted by Gasteiger charge is 2.14. The van der Waals surface area contributed by atoms with Crippen LogP contribution in [0.5, 0.6) is 0 Å². The molecule has 0 unspecified atom stereocenters. The van der Waals surface area contributed by atoms with Crippen LogP contribution in [0.3, 0.4) is 0 Å². The quantitative estimate of drug-likeness (QED) is 0.815. The summed E-state index contributed by atoms with van der Waals surface area (Å²) in [5, 5.41) is 0. The Morgan fingerprint density at radius 3 is 1.90 bits per heavy atom. The Bertz CT molecular complexity index is 325. The summed E-state index contributed by atoms with van der Waals surface area (Å²) in [6.45, 7) is 16.9. The van der Waals surface area contributed by atoms with Crippen LogP contribution in [0.2, 0.25) is 0 Å². The summed E-state index contributed by atoms with van der Waals surface area (Å²) >= 11 is 0. The molecule has 0 atom stereocenters. The highest BCUT2D eigenvalue weighted by Crippen LogP contribution is 2.18. The molecule has 0 N–H and O–H groups in total. The fourth-order valence-electron chi connectivity index (χ4n) is 1.99. The Labute approximate surface area is 126 Å². The van der Waals surface area contributed by atoms with Crippen LogP contribution in [0.4, 0.5) is 5.69 Å². The maximum atomic E-state index is 4.52. The topological polar surface area (TPSA) is 19.4 Å². The number of aromatic nitrogens is 1. The van der Waals surface area contributed by atoms with Crippen LogP contribution in [-0.4, -0.2) is 43.1 Å². The smallest absolute Gasteiger partial charge is 0.0553 e. The van der Waals surface area contributed by atoms with Crippen LogP contribution >= 0.6 is 0 Å². The number of hydrogen-bond acceptors (Lipinski definition) is 3. The molecule has 0 amide bonds. The third-order valence-electron chi connectivity index (χ3n) is 3.23. The average Bonchev–Trinajstić information content (AvgIpc) is 2.52. The lowest BCUT2D eigenvalue weighted by Crippen LogP contribution is -2.44. The first-order valence-electron chi connectivity index (χ1n) is 8.06. The van der Waals surface area contributed by atoms with Crippen molar-refractivity contribution in [3.05, 3.63) is 24.0 Å². The molecule has 2 heterocycles. The molecule has 0 bridgehead atoms.